The summed E-state index contributed by atoms with van der Waals surface area (Å²) in [5.41, 5.74) is 2.00. The van der Waals surface area contributed by atoms with Gasteiger partial charge in [-0.05, 0) is 37.0 Å². The van der Waals surface area contributed by atoms with Crippen molar-refractivity contribution in [2.75, 3.05) is 11.9 Å². The van der Waals surface area contributed by atoms with Crippen LogP contribution >= 0.6 is 0 Å². The first-order valence-corrected chi connectivity index (χ1v) is 7.55. The summed E-state index contributed by atoms with van der Waals surface area (Å²) < 4.78 is 0. The van der Waals surface area contributed by atoms with Crippen molar-refractivity contribution < 1.29 is 9.90 Å². The maximum absolute atomic E-state index is 11.4. The number of aryl methyl sites for hydroxylation is 1. The van der Waals surface area contributed by atoms with Gasteiger partial charge < -0.3 is 10.4 Å². The van der Waals surface area contributed by atoms with E-state index in [1.165, 1.54) is 18.9 Å². The normalized spacial score (nSPS) is 11.7. The van der Waals surface area contributed by atoms with Crippen molar-refractivity contribution >= 4 is 11.7 Å². The Morgan fingerprint density at radius 1 is 1.43 bits per heavy atom. The van der Waals surface area contributed by atoms with Crippen molar-refractivity contribution in [3.8, 4) is 6.07 Å². The van der Waals surface area contributed by atoms with Crippen LogP contribution in [-0.4, -0.2) is 17.6 Å². The van der Waals surface area contributed by atoms with Gasteiger partial charge in [0.15, 0.2) is 0 Å². The first-order chi connectivity index (χ1) is 10.0. The van der Waals surface area contributed by atoms with Gasteiger partial charge in [0.2, 0.25) is 0 Å². The van der Waals surface area contributed by atoms with Crippen LogP contribution in [0.15, 0.2) is 12.1 Å². The number of nitrogens with zero attached hydrogens (tertiary/aromatic N) is 1. The fraction of sp³-hybridized carbons (Fsp3) is 0.529. The van der Waals surface area contributed by atoms with E-state index in [9.17, 15) is 9.90 Å². The Kier molecular flexibility index (Phi) is 6.74. The smallest absolute Gasteiger partial charge is 0.337 e. The highest BCUT2D eigenvalue weighted by molar-refractivity contribution is 5.95. The maximum atomic E-state index is 11.4. The first kappa shape index (κ1) is 17.0. The second-order valence-corrected chi connectivity index (χ2v) is 5.43. The molecule has 0 aliphatic carbocycles. The molecule has 0 amide bonds. The molecule has 1 rings (SSSR count). The minimum Gasteiger partial charge on any atom is -0.478 e. The Balaban J connectivity index is 2.92. The molecule has 21 heavy (non-hydrogen) atoms. The van der Waals surface area contributed by atoms with E-state index in [0.29, 0.717) is 17.2 Å². The van der Waals surface area contributed by atoms with Crippen molar-refractivity contribution in [1.29, 1.82) is 5.26 Å². The van der Waals surface area contributed by atoms with E-state index in [2.05, 4.69) is 19.2 Å². The molecular formula is C17H24N2O2. The van der Waals surface area contributed by atoms with Crippen LogP contribution < -0.4 is 5.32 Å². The number of carboxylic acids is 1. The molecule has 0 aromatic heterocycles. The number of aromatic carboxylic acids is 1. The van der Waals surface area contributed by atoms with Gasteiger partial charge in [-0.15, -0.1) is 0 Å². The molecule has 4 nitrogen and oxygen atoms in total. The lowest BCUT2D eigenvalue weighted by Crippen LogP contribution is -2.16. The zero-order valence-corrected chi connectivity index (χ0v) is 13.1. The SMILES string of the molecule is CCCCC(CC)CNc1c(C)cc(C#N)cc1C(=O)O. The number of carboxylic acid groups (broad SMARTS) is 1. The van der Waals surface area contributed by atoms with Crippen LogP contribution in [-0.2, 0) is 0 Å². The molecule has 0 radical (unpaired) electrons. The molecule has 1 aromatic rings. The lowest BCUT2D eigenvalue weighted by atomic mass is 9.98. The van der Waals surface area contributed by atoms with Crippen LogP contribution in [0.1, 0.15) is 61.0 Å². The average Bonchev–Trinajstić information content (AvgIpc) is 2.47. The van der Waals surface area contributed by atoms with Gasteiger partial charge in [0, 0.05) is 6.54 Å². The van der Waals surface area contributed by atoms with Crippen molar-refractivity contribution in [3.05, 3.63) is 28.8 Å². The van der Waals surface area contributed by atoms with Crippen molar-refractivity contribution in [2.45, 2.75) is 46.5 Å². The molecule has 1 aromatic carbocycles. The van der Waals surface area contributed by atoms with Gasteiger partial charge in [-0.3, -0.25) is 0 Å². The van der Waals surface area contributed by atoms with Gasteiger partial charge in [0.05, 0.1) is 22.9 Å². The van der Waals surface area contributed by atoms with Crippen LogP contribution in [0.4, 0.5) is 5.69 Å². The highest BCUT2D eigenvalue weighted by atomic mass is 16.4. The predicted molar refractivity (Wildman–Crippen MR) is 84.6 cm³/mol. The molecule has 0 saturated carbocycles. The summed E-state index contributed by atoms with van der Waals surface area (Å²) in [4.78, 5) is 11.4. The number of carbonyl (C=O) groups is 1. The molecule has 0 saturated heterocycles. The largest absolute Gasteiger partial charge is 0.478 e. The van der Waals surface area contributed by atoms with E-state index in [1.807, 2.05) is 13.0 Å². The summed E-state index contributed by atoms with van der Waals surface area (Å²) in [6, 6.07) is 5.16. The molecule has 4 heteroatoms. The molecule has 2 N–H and O–H groups in total. The molecule has 0 heterocycles. The van der Waals surface area contributed by atoms with Gasteiger partial charge in [-0.1, -0.05) is 33.1 Å². The van der Waals surface area contributed by atoms with Crippen LogP contribution in [0, 0.1) is 24.2 Å². The highest BCUT2D eigenvalue weighted by Gasteiger charge is 2.15. The minimum atomic E-state index is -1.00. The Morgan fingerprint density at radius 3 is 2.67 bits per heavy atom. The zero-order valence-electron chi connectivity index (χ0n) is 13.1. The standard InChI is InChI=1S/C17H24N2O2/c1-4-6-7-13(5-2)11-19-16-12(3)8-14(10-18)9-15(16)17(20)21/h8-9,13,19H,4-7,11H2,1-3H3,(H,20,21). The molecular weight excluding hydrogens is 264 g/mol. The van der Waals surface area contributed by atoms with Crippen LogP contribution in [0.25, 0.3) is 0 Å². The van der Waals surface area contributed by atoms with Crippen LogP contribution in [0.5, 0.6) is 0 Å². The molecule has 0 aliphatic rings. The molecule has 0 spiro atoms. The number of nitrogens with one attached hydrogen (secondary N) is 1. The van der Waals surface area contributed by atoms with E-state index >= 15 is 0 Å². The maximum Gasteiger partial charge on any atom is 0.337 e. The topological polar surface area (TPSA) is 73.1 Å². The summed E-state index contributed by atoms with van der Waals surface area (Å²) in [5, 5.41) is 21.6. The first-order valence-electron chi connectivity index (χ1n) is 7.55. The third-order valence-corrected chi connectivity index (χ3v) is 3.81. The summed E-state index contributed by atoms with van der Waals surface area (Å²) in [6.07, 6.45) is 4.59. The minimum absolute atomic E-state index is 0.178. The fourth-order valence-corrected chi connectivity index (χ4v) is 2.44. The van der Waals surface area contributed by atoms with Crippen molar-refractivity contribution in [2.24, 2.45) is 5.92 Å². The van der Waals surface area contributed by atoms with Gasteiger partial charge in [-0.2, -0.15) is 5.26 Å². The third kappa shape index (κ3) is 4.78. The molecule has 1 unspecified atom stereocenters. The second kappa shape index (κ2) is 8.31. The molecule has 0 aliphatic heterocycles. The average molecular weight is 288 g/mol. The number of unbranched alkanes of at least 4 members (excludes halogenated alkanes) is 1. The number of nitriles is 1. The van der Waals surface area contributed by atoms with Crippen molar-refractivity contribution in [3.63, 3.8) is 0 Å². The van der Waals surface area contributed by atoms with E-state index in [-0.39, 0.29) is 5.56 Å². The monoisotopic (exact) mass is 288 g/mol. The van der Waals surface area contributed by atoms with E-state index in [1.54, 1.807) is 6.07 Å². The van der Waals surface area contributed by atoms with Crippen LogP contribution in [0.2, 0.25) is 0 Å². The van der Waals surface area contributed by atoms with Gasteiger partial charge in [0.25, 0.3) is 0 Å². The number of hydrogen-bond donors (Lipinski definition) is 2. The quantitative estimate of drug-likeness (QED) is 0.752. The second-order valence-electron chi connectivity index (χ2n) is 5.43. The van der Waals surface area contributed by atoms with Crippen LogP contribution in [0.3, 0.4) is 0 Å². The predicted octanol–water partition coefficient (Wildman–Crippen LogP) is 4.19. The number of benzene rings is 1. The number of anilines is 1. The van der Waals surface area contributed by atoms with E-state index in [4.69, 9.17) is 5.26 Å². The van der Waals surface area contributed by atoms with Gasteiger partial charge >= 0.3 is 5.97 Å². The van der Waals surface area contributed by atoms with E-state index in [0.717, 1.165) is 24.9 Å². The van der Waals surface area contributed by atoms with Gasteiger partial charge in [-0.25, -0.2) is 4.79 Å². The molecule has 0 bridgehead atoms. The Hall–Kier alpha value is -2.02. The van der Waals surface area contributed by atoms with Crippen molar-refractivity contribution in [1.82, 2.24) is 0 Å². The summed E-state index contributed by atoms with van der Waals surface area (Å²) >= 11 is 0. The lowest BCUT2D eigenvalue weighted by Gasteiger charge is -2.19. The molecule has 114 valence electrons. The van der Waals surface area contributed by atoms with Gasteiger partial charge in [0.1, 0.15) is 0 Å². The lowest BCUT2D eigenvalue weighted by molar-refractivity contribution is 0.0697. The molecule has 1 atom stereocenters. The van der Waals surface area contributed by atoms with E-state index < -0.39 is 5.97 Å². The molecule has 0 fully saturated rings. The third-order valence-electron chi connectivity index (χ3n) is 3.81. The zero-order chi connectivity index (χ0) is 15.8. The number of hydrogen-bond acceptors (Lipinski definition) is 3. The summed E-state index contributed by atoms with van der Waals surface area (Å²) in [6.45, 7) is 6.94. The Bertz CT molecular complexity index is 532. The fourth-order valence-electron chi connectivity index (χ4n) is 2.44. The number of rotatable bonds is 8. The Morgan fingerprint density at radius 2 is 2.14 bits per heavy atom. The summed E-state index contributed by atoms with van der Waals surface area (Å²) in [5.74, 6) is -0.457. The highest BCUT2D eigenvalue weighted by Crippen LogP contribution is 2.24. The summed E-state index contributed by atoms with van der Waals surface area (Å²) in [7, 11) is 0. The Labute approximate surface area is 126 Å².